The molecule has 0 spiro atoms. The van der Waals surface area contributed by atoms with E-state index in [1.807, 2.05) is 24.3 Å². The van der Waals surface area contributed by atoms with Crippen LogP contribution in [0.2, 0.25) is 5.02 Å². The van der Waals surface area contributed by atoms with Crippen molar-refractivity contribution in [2.75, 3.05) is 7.11 Å². The molecule has 7 heteroatoms. The van der Waals surface area contributed by atoms with Crippen LogP contribution in [0.3, 0.4) is 0 Å². The molecule has 0 saturated carbocycles. The summed E-state index contributed by atoms with van der Waals surface area (Å²) >= 11 is 7.22. The normalized spacial score (nSPS) is 10.4. The molecule has 0 aliphatic rings. The van der Waals surface area contributed by atoms with Gasteiger partial charge in [0.1, 0.15) is 28.8 Å². The fourth-order valence-corrected chi connectivity index (χ4v) is 3.08. The van der Waals surface area contributed by atoms with Crippen LogP contribution < -0.4 is 14.8 Å². The molecule has 1 heterocycles. The Labute approximate surface area is 160 Å². The molecule has 0 radical (unpaired) electrons. The largest absolute Gasteiger partial charge is 0.496 e. The van der Waals surface area contributed by atoms with Crippen LogP contribution in [0.5, 0.6) is 11.5 Å². The lowest BCUT2D eigenvalue weighted by Crippen LogP contribution is -2.23. The van der Waals surface area contributed by atoms with E-state index in [2.05, 4.69) is 10.3 Å². The summed E-state index contributed by atoms with van der Waals surface area (Å²) in [5.41, 5.74) is 1.28. The highest BCUT2D eigenvalue weighted by Crippen LogP contribution is 2.19. The number of methoxy groups -OCH3 is 1. The number of benzene rings is 2. The molecule has 0 aliphatic heterocycles. The molecule has 0 bridgehead atoms. The Hall–Kier alpha value is -2.57. The van der Waals surface area contributed by atoms with Gasteiger partial charge in [0.05, 0.1) is 7.11 Å². The number of hydrogen-bond acceptors (Lipinski definition) is 5. The zero-order valence-corrected chi connectivity index (χ0v) is 15.6. The van der Waals surface area contributed by atoms with E-state index in [0.717, 1.165) is 16.3 Å². The Morgan fingerprint density at radius 1 is 1.19 bits per heavy atom. The van der Waals surface area contributed by atoms with Gasteiger partial charge >= 0.3 is 0 Å². The van der Waals surface area contributed by atoms with E-state index in [0.29, 0.717) is 29.6 Å². The van der Waals surface area contributed by atoms with Gasteiger partial charge in [-0.15, -0.1) is 11.3 Å². The summed E-state index contributed by atoms with van der Waals surface area (Å²) in [6.07, 6.45) is 0. The molecule has 3 aromatic rings. The van der Waals surface area contributed by atoms with Crippen molar-refractivity contribution in [3.05, 3.63) is 75.2 Å². The molecule has 26 heavy (non-hydrogen) atoms. The Morgan fingerprint density at radius 2 is 1.96 bits per heavy atom. The van der Waals surface area contributed by atoms with Crippen molar-refractivity contribution in [3.63, 3.8) is 0 Å². The lowest BCUT2D eigenvalue weighted by molar-refractivity contribution is 0.0946. The van der Waals surface area contributed by atoms with Gasteiger partial charge in [-0.25, -0.2) is 4.98 Å². The minimum Gasteiger partial charge on any atom is -0.496 e. The van der Waals surface area contributed by atoms with E-state index >= 15 is 0 Å². The van der Waals surface area contributed by atoms with E-state index in [1.54, 1.807) is 36.8 Å². The van der Waals surface area contributed by atoms with Crippen molar-refractivity contribution < 1.29 is 14.3 Å². The molecule has 0 aliphatic carbocycles. The fourth-order valence-electron chi connectivity index (χ4n) is 2.27. The van der Waals surface area contributed by atoms with Crippen LogP contribution in [0, 0.1) is 0 Å². The zero-order chi connectivity index (χ0) is 18.4. The van der Waals surface area contributed by atoms with Gasteiger partial charge in [-0.3, -0.25) is 4.79 Å². The van der Waals surface area contributed by atoms with Crippen LogP contribution in [-0.4, -0.2) is 18.0 Å². The highest BCUT2D eigenvalue weighted by molar-refractivity contribution is 7.09. The zero-order valence-electron chi connectivity index (χ0n) is 14.1. The van der Waals surface area contributed by atoms with Crippen molar-refractivity contribution in [3.8, 4) is 11.5 Å². The van der Waals surface area contributed by atoms with E-state index in [-0.39, 0.29) is 5.91 Å². The first-order chi connectivity index (χ1) is 12.7. The van der Waals surface area contributed by atoms with Gasteiger partial charge in [-0.2, -0.15) is 0 Å². The van der Waals surface area contributed by atoms with Crippen LogP contribution in [-0.2, 0) is 13.2 Å². The molecule has 2 aromatic carbocycles. The Kier molecular flexibility index (Phi) is 6.09. The van der Waals surface area contributed by atoms with Gasteiger partial charge < -0.3 is 14.8 Å². The van der Waals surface area contributed by atoms with Gasteiger partial charge in [-0.05, 0) is 30.3 Å². The second-order valence-corrected chi connectivity index (χ2v) is 6.74. The minimum absolute atomic E-state index is 0.232. The predicted molar refractivity (Wildman–Crippen MR) is 102 cm³/mol. The Bertz CT molecular complexity index is 881. The fraction of sp³-hybridized carbons (Fsp3) is 0.158. The van der Waals surface area contributed by atoms with Crippen LogP contribution in [0.4, 0.5) is 0 Å². The molecular formula is C19H17ClN2O3S. The second-order valence-electron chi connectivity index (χ2n) is 5.36. The summed E-state index contributed by atoms with van der Waals surface area (Å²) < 4.78 is 10.9. The molecule has 0 fully saturated rings. The van der Waals surface area contributed by atoms with E-state index in [1.165, 1.54) is 11.3 Å². The molecule has 0 atom stereocenters. The average Bonchev–Trinajstić information content (AvgIpc) is 3.15. The lowest BCUT2D eigenvalue weighted by Gasteiger charge is -2.08. The van der Waals surface area contributed by atoms with E-state index < -0.39 is 0 Å². The van der Waals surface area contributed by atoms with Gasteiger partial charge in [0.15, 0.2) is 0 Å². The molecule has 0 saturated heterocycles. The van der Waals surface area contributed by atoms with Crippen molar-refractivity contribution in [1.82, 2.24) is 10.3 Å². The Balaban J connectivity index is 1.55. The third-order valence-electron chi connectivity index (χ3n) is 3.59. The third kappa shape index (κ3) is 4.74. The molecule has 3 rings (SSSR count). The van der Waals surface area contributed by atoms with E-state index in [4.69, 9.17) is 21.1 Å². The first-order valence-electron chi connectivity index (χ1n) is 7.88. The molecule has 134 valence electrons. The van der Waals surface area contributed by atoms with Crippen LogP contribution in [0.1, 0.15) is 21.1 Å². The standard InChI is InChI=1S/C19H17ClN2O3S/c1-24-17-5-3-2-4-13(17)10-21-19(23)16-12-26-18(22-16)11-25-15-8-6-14(20)7-9-15/h2-9,12H,10-11H2,1H3,(H,21,23). The summed E-state index contributed by atoms with van der Waals surface area (Å²) in [7, 11) is 1.61. The smallest absolute Gasteiger partial charge is 0.271 e. The second kappa shape index (κ2) is 8.69. The number of hydrogen-bond donors (Lipinski definition) is 1. The summed E-state index contributed by atoms with van der Waals surface area (Å²) in [6, 6.07) is 14.7. The van der Waals surface area contributed by atoms with Crippen LogP contribution in [0.15, 0.2) is 53.9 Å². The molecular weight excluding hydrogens is 372 g/mol. The number of ether oxygens (including phenoxy) is 2. The van der Waals surface area contributed by atoms with Gasteiger partial charge in [-0.1, -0.05) is 29.8 Å². The average molecular weight is 389 g/mol. The maximum atomic E-state index is 12.3. The summed E-state index contributed by atoms with van der Waals surface area (Å²) in [5, 5.41) is 5.95. The SMILES string of the molecule is COc1ccccc1CNC(=O)c1csc(COc2ccc(Cl)cc2)n1. The molecule has 1 N–H and O–H groups in total. The number of thiazole rings is 1. The minimum atomic E-state index is -0.232. The number of carbonyl (C=O) groups excluding carboxylic acids is 1. The number of nitrogens with one attached hydrogen (secondary N) is 1. The maximum absolute atomic E-state index is 12.3. The number of para-hydroxylation sites is 1. The van der Waals surface area contributed by atoms with E-state index in [9.17, 15) is 4.79 Å². The monoisotopic (exact) mass is 388 g/mol. The maximum Gasteiger partial charge on any atom is 0.271 e. The van der Waals surface area contributed by atoms with Crippen molar-refractivity contribution >= 4 is 28.8 Å². The van der Waals surface area contributed by atoms with Crippen LogP contribution >= 0.6 is 22.9 Å². The van der Waals surface area contributed by atoms with Gasteiger partial charge in [0, 0.05) is 22.5 Å². The predicted octanol–water partition coefficient (Wildman–Crippen LogP) is 4.31. The first-order valence-corrected chi connectivity index (χ1v) is 9.14. The number of nitrogens with zero attached hydrogens (tertiary/aromatic N) is 1. The van der Waals surface area contributed by atoms with Gasteiger partial charge in [0.2, 0.25) is 0 Å². The lowest BCUT2D eigenvalue weighted by atomic mass is 10.2. The summed E-state index contributed by atoms with van der Waals surface area (Å²) in [4.78, 5) is 16.6. The summed E-state index contributed by atoms with van der Waals surface area (Å²) in [5.74, 6) is 1.21. The highest BCUT2D eigenvalue weighted by atomic mass is 35.5. The number of rotatable bonds is 7. The quantitative estimate of drug-likeness (QED) is 0.655. The number of aromatic nitrogens is 1. The Morgan fingerprint density at radius 3 is 2.73 bits per heavy atom. The van der Waals surface area contributed by atoms with Gasteiger partial charge in [0.25, 0.3) is 5.91 Å². The molecule has 0 unspecified atom stereocenters. The van der Waals surface area contributed by atoms with Crippen LogP contribution in [0.25, 0.3) is 0 Å². The van der Waals surface area contributed by atoms with Crippen molar-refractivity contribution in [1.29, 1.82) is 0 Å². The van der Waals surface area contributed by atoms with Crippen molar-refractivity contribution in [2.24, 2.45) is 0 Å². The topological polar surface area (TPSA) is 60.5 Å². The molecule has 1 aromatic heterocycles. The third-order valence-corrected chi connectivity index (χ3v) is 4.67. The summed E-state index contributed by atoms with van der Waals surface area (Å²) in [6.45, 7) is 0.670. The first kappa shape index (κ1) is 18.2. The number of halogens is 1. The van der Waals surface area contributed by atoms with Crippen molar-refractivity contribution in [2.45, 2.75) is 13.2 Å². The molecule has 1 amide bonds. The number of amides is 1. The highest BCUT2D eigenvalue weighted by Gasteiger charge is 2.12. The molecule has 5 nitrogen and oxygen atoms in total. The number of carbonyl (C=O) groups is 1.